The molecule has 0 saturated carbocycles. The summed E-state index contributed by atoms with van der Waals surface area (Å²) in [6.07, 6.45) is 10.4. The summed E-state index contributed by atoms with van der Waals surface area (Å²) < 4.78 is 0. The van der Waals surface area contributed by atoms with Gasteiger partial charge in [-0.05, 0) is 202 Å². The minimum atomic E-state index is 0.583. The summed E-state index contributed by atoms with van der Waals surface area (Å²) in [6, 6.07) is 24.7. The number of piperidine rings is 1. The zero-order chi connectivity index (χ0) is 57.1. The molecule has 1 aliphatic heterocycles. The fourth-order valence-electron chi connectivity index (χ4n) is 9.47. The first-order valence-corrected chi connectivity index (χ1v) is 30.6. The molecule has 424 valence electrons. The molecule has 0 radical (unpaired) electrons. The lowest BCUT2D eigenvalue weighted by Crippen LogP contribution is -2.28. The van der Waals surface area contributed by atoms with E-state index in [-0.39, 0.29) is 0 Å². The molecule has 81 heavy (non-hydrogen) atoms. The summed E-state index contributed by atoms with van der Waals surface area (Å²) in [5.74, 6) is 1.77. The zero-order valence-electron chi connectivity index (χ0n) is 48.7. The average molecular weight is 1140 g/mol. The van der Waals surface area contributed by atoms with Crippen LogP contribution in [-0.4, -0.2) is 113 Å². The van der Waals surface area contributed by atoms with Crippen molar-refractivity contribution in [3.8, 4) is 34.2 Å². The van der Waals surface area contributed by atoms with Gasteiger partial charge in [-0.2, -0.15) is 0 Å². The Hall–Kier alpha value is -6.97. The van der Waals surface area contributed by atoms with Crippen LogP contribution in [0.3, 0.4) is 0 Å². The maximum absolute atomic E-state index is 4.81. The fraction of sp³-hybridized carbons (Fsp3) is 0.371. The van der Waals surface area contributed by atoms with Gasteiger partial charge in [-0.15, -0.1) is 34.0 Å². The second kappa shape index (κ2) is 30.2. The summed E-state index contributed by atoms with van der Waals surface area (Å²) in [7, 11) is 4.08. The highest BCUT2D eigenvalue weighted by atomic mass is 32.1. The van der Waals surface area contributed by atoms with Crippen LogP contribution < -0.4 is 21.3 Å². The summed E-state index contributed by atoms with van der Waals surface area (Å²) in [4.78, 5) is 48.2. The number of hydrogen-bond acceptors (Lipinski definition) is 19. The van der Waals surface area contributed by atoms with Crippen LogP contribution in [0.5, 0.6) is 0 Å². The van der Waals surface area contributed by atoms with E-state index in [9.17, 15) is 0 Å². The topological polar surface area (TPSA) is 174 Å². The van der Waals surface area contributed by atoms with Crippen molar-refractivity contribution in [2.45, 2.75) is 101 Å². The van der Waals surface area contributed by atoms with Crippen LogP contribution in [0.1, 0.15) is 87.9 Å². The number of nitrogens with zero attached hydrogens (tertiary/aromatic N) is 12. The molecule has 4 N–H and O–H groups in total. The van der Waals surface area contributed by atoms with Gasteiger partial charge in [0.2, 0.25) is 17.8 Å². The van der Waals surface area contributed by atoms with E-state index in [1.165, 1.54) is 65.7 Å². The molecule has 0 unspecified atom stereocenters. The molecule has 0 bridgehead atoms. The highest BCUT2D eigenvalue weighted by Gasteiger charge is 2.15. The Labute approximate surface area is 491 Å². The third-order valence-corrected chi connectivity index (χ3v) is 15.6. The molecule has 1 fully saturated rings. The Morgan fingerprint density at radius 2 is 0.877 bits per heavy atom. The molecular weight excluding hydrogens is 1060 g/mol. The lowest BCUT2D eigenvalue weighted by Gasteiger charge is -2.25. The Morgan fingerprint density at radius 3 is 1.30 bits per heavy atom. The van der Waals surface area contributed by atoms with E-state index in [0.717, 1.165) is 118 Å². The molecule has 0 spiro atoms. The number of anilines is 6. The van der Waals surface area contributed by atoms with Crippen molar-refractivity contribution in [2.75, 3.05) is 69.3 Å². The molecule has 10 rings (SSSR count). The molecule has 1 aliphatic rings. The minimum absolute atomic E-state index is 0.583. The van der Waals surface area contributed by atoms with E-state index in [4.69, 9.17) is 9.97 Å². The van der Waals surface area contributed by atoms with Gasteiger partial charge < -0.3 is 31.1 Å². The minimum Gasteiger partial charge on any atom is -0.324 e. The Morgan fingerprint density at radius 1 is 0.481 bits per heavy atom. The maximum Gasteiger partial charge on any atom is 0.227 e. The van der Waals surface area contributed by atoms with E-state index in [0.29, 0.717) is 17.8 Å². The van der Waals surface area contributed by atoms with Crippen LogP contribution in [0.2, 0.25) is 0 Å². The van der Waals surface area contributed by atoms with Crippen molar-refractivity contribution in [1.82, 2.24) is 64.9 Å². The number of rotatable bonds is 21. The molecule has 6 aromatic heterocycles. The van der Waals surface area contributed by atoms with Crippen LogP contribution in [0.4, 0.5) is 34.9 Å². The van der Waals surface area contributed by atoms with Gasteiger partial charge in [0.15, 0.2) is 0 Å². The number of hydrogen-bond donors (Lipinski definition) is 4. The highest BCUT2D eigenvalue weighted by Crippen LogP contribution is 2.27. The molecule has 19 heteroatoms. The van der Waals surface area contributed by atoms with Gasteiger partial charge in [0.25, 0.3) is 0 Å². The summed E-state index contributed by atoms with van der Waals surface area (Å²) >= 11 is 5.04. The van der Waals surface area contributed by atoms with Gasteiger partial charge in [0.1, 0.15) is 32.1 Å². The molecule has 16 nitrogen and oxygen atoms in total. The van der Waals surface area contributed by atoms with E-state index in [2.05, 4.69) is 192 Å². The van der Waals surface area contributed by atoms with Crippen LogP contribution in [0.15, 0.2) is 108 Å². The van der Waals surface area contributed by atoms with Crippen molar-refractivity contribution in [3.05, 3.63) is 156 Å². The normalized spacial score (nSPS) is 12.4. The van der Waals surface area contributed by atoms with E-state index >= 15 is 0 Å². The maximum atomic E-state index is 4.81. The average Bonchev–Trinajstić information content (AvgIpc) is 4.27. The lowest BCUT2D eigenvalue weighted by molar-refractivity contribution is 0.220. The zero-order valence-corrected chi connectivity index (χ0v) is 51.1. The van der Waals surface area contributed by atoms with E-state index < -0.39 is 0 Å². The standard InChI is InChI=1S/C23H32N6S.C21H25N5S.C18H21N5S/c1-5-29(6-2)11-7-9-24-15-22-27-21(16-30-22)20-8-10-25-23(28-20)26-19-13-17(3)12-18(4)14-19;1-15-10-16(2)12-17(11-15)23-21-22-7-6-18(25-21)19-14-27-20(24-19)13-26-8-4-3-5-9-26;1-12-7-13(2)9-14(8-12)20-18-19-6-5-15(22-18)16-11-24-17(21-16)10-23(3)4/h8,10,12-14,16,24H,5-7,9,11,15H2,1-4H3,(H,25,26,28);6-7,10-12,14H,3-5,8-9,13H2,1-2H3,(H,22,23,25);5-9,11H,10H2,1-4H3,(H,19,20,22). The monoisotopic (exact) mass is 1140 g/mol. The smallest absolute Gasteiger partial charge is 0.227 e. The van der Waals surface area contributed by atoms with Gasteiger partial charge >= 0.3 is 0 Å². The third-order valence-electron chi connectivity index (χ3n) is 13.1. The Kier molecular flexibility index (Phi) is 22.4. The number of nitrogens with one attached hydrogen (secondary N) is 4. The molecule has 9 aromatic rings. The second-order valence-electron chi connectivity index (χ2n) is 20.8. The van der Waals surface area contributed by atoms with Gasteiger partial charge in [-0.3, -0.25) is 4.90 Å². The SMILES string of the molecule is CCN(CC)CCCNCc1nc(-c2ccnc(Nc3cc(C)cc(C)c3)n2)cs1.Cc1cc(C)cc(Nc2nccc(-c3csc(CN(C)C)n3)n2)c1.Cc1cc(C)cc(Nc2nccc(-c3csc(CN4CCCCC4)n3)n2)c1. The van der Waals surface area contributed by atoms with Gasteiger partial charge in [-0.25, -0.2) is 44.9 Å². The van der Waals surface area contributed by atoms with Gasteiger partial charge in [0.05, 0.1) is 23.6 Å². The highest BCUT2D eigenvalue weighted by molar-refractivity contribution is 7.10. The molecule has 0 aliphatic carbocycles. The Bertz CT molecular complexity index is 3340. The summed E-state index contributed by atoms with van der Waals surface area (Å²) in [6.45, 7) is 26.3. The van der Waals surface area contributed by atoms with Crippen molar-refractivity contribution in [1.29, 1.82) is 0 Å². The number of aromatic nitrogens is 9. The van der Waals surface area contributed by atoms with Gasteiger partial charge in [-0.1, -0.05) is 38.5 Å². The molecule has 3 aromatic carbocycles. The first-order chi connectivity index (χ1) is 39.2. The third kappa shape index (κ3) is 19.3. The molecular formula is C62H78N16S3. The first kappa shape index (κ1) is 60.1. The second-order valence-corrected chi connectivity index (χ2v) is 23.6. The quantitative estimate of drug-likeness (QED) is 0.0500. The predicted octanol–water partition coefficient (Wildman–Crippen LogP) is 13.8. The Balaban J connectivity index is 0.000000160. The summed E-state index contributed by atoms with van der Waals surface area (Å²) in [5, 5.41) is 22.9. The van der Waals surface area contributed by atoms with Crippen LogP contribution in [0.25, 0.3) is 34.2 Å². The molecule has 1 saturated heterocycles. The van der Waals surface area contributed by atoms with E-state index in [1.807, 2.05) is 37.7 Å². The number of aryl methyl sites for hydroxylation is 6. The largest absolute Gasteiger partial charge is 0.324 e. The summed E-state index contributed by atoms with van der Waals surface area (Å²) in [5.41, 5.74) is 15.5. The van der Waals surface area contributed by atoms with Crippen molar-refractivity contribution in [2.24, 2.45) is 0 Å². The number of benzene rings is 3. The van der Waals surface area contributed by atoms with Crippen molar-refractivity contribution < 1.29 is 0 Å². The lowest BCUT2D eigenvalue weighted by atomic mass is 10.1. The molecule has 0 atom stereocenters. The van der Waals surface area contributed by atoms with Crippen molar-refractivity contribution in [3.63, 3.8) is 0 Å². The van der Waals surface area contributed by atoms with Crippen LogP contribution >= 0.6 is 34.0 Å². The molecule has 7 heterocycles. The molecule has 0 amide bonds. The fourth-order valence-corrected chi connectivity index (χ4v) is 12.0. The van der Waals surface area contributed by atoms with Crippen molar-refractivity contribution >= 4 is 68.9 Å². The van der Waals surface area contributed by atoms with Gasteiger partial charge in [0, 0.05) is 64.9 Å². The predicted molar refractivity (Wildman–Crippen MR) is 338 cm³/mol. The van der Waals surface area contributed by atoms with Crippen LogP contribution in [-0.2, 0) is 19.6 Å². The first-order valence-electron chi connectivity index (χ1n) is 27.9. The number of likely N-dealkylation sites (tertiary alicyclic amines) is 1. The number of thiazole rings is 3. The van der Waals surface area contributed by atoms with E-state index in [1.54, 1.807) is 52.6 Å². The van der Waals surface area contributed by atoms with Crippen LogP contribution in [0, 0.1) is 41.5 Å².